The molecule has 18 heavy (non-hydrogen) atoms. The van der Waals surface area contributed by atoms with Gasteiger partial charge in [0.05, 0.1) is 0 Å². The number of nitrogens with one attached hydrogen (secondary N) is 1. The summed E-state index contributed by atoms with van der Waals surface area (Å²) >= 11 is 0. The molecule has 1 saturated carbocycles. The highest BCUT2D eigenvalue weighted by molar-refractivity contribution is 5.82. The van der Waals surface area contributed by atoms with Crippen LogP contribution >= 0.6 is 0 Å². The fourth-order valence-electron chi connectivity index (χ4n) is 2.53. The molecular formula is C14H18FNO2. The molecule has 0 aliphatic heterocycles. The fraction of sp³-hybridized carbons (Fsp3) is 0.500. The Morgan fingerprint density at radius 3 is 2.17 bits per heavy atom. The van der Waals surface area contributed by atoms with Crippen LogP contribution in [0.2, 0.25) is 0 Å². The topological polar surface area (TPSA) is 49.3 Å². The molecule has 3 nitrogen and oxygen atoms in total. The monoisotopic (exact) mass is 251 g/mol. The molecule has 98 valence electrons. The van der Waals surface area contributed by atoms with E-state index in [1.54, 1.807) is 12.1 Å². The number of anilines is 1. The van der Waals surface area contributed by atoms with E-state index in [1.807, 2.05) is 0 Å². The molecule has 0 heterocycles. The molecule has 0 saturated heterocycles. The maximum absolute atomic E-state index is 12.8. The van der Waals surface area contributed by atoms with Crippen LogP contribution in [0.4, 0.5) is 10.1 Å². The minimum absolute atomic E-state index is 0.314. The normalized spacial score (nSPS) is 18.9. The zero-order valence-electron chi connectivity index (χ0n) is 10.3. The van der Waals surface area contributed by atoms with E-state index in [9.17, 15) is 14.3 Å². The summed E-state index contributed by atoms with van der Waals surface area (Å²) in [6, 6.07) is 5.86. The summed E-state index contributed by atoms with van der Waals surface area (Å²) < 4.78 is 12.8. The lowest BCUT2D eigenvalue weighted by Gasteiger charge is -2.30. The number of rotatable bonds is 3. The SMILES string of the molecule is O=C(O)C1(Nc2ccc(F)cc2)CCCCCC1. The summed E-state index contributed by atoms with van der Waals surface area (Å²) in [7, 11) is 0. The van der Waals surface area contributed by atoms with Gasteiger partial charge in [0, 0.05) is 5.69 Å². The summed E-state index contributed by atoms with van der Waals surface area (Å²) in [4.78, 5) is 11.6. The zero-order chi connectivity index (χ0) is 13.0. The third-order valence-corrected chi connectivity index (χ3v) is 3.59. The van der Waals surface area contributed by atoms with Crippen LogP contribution < -0.4 is 5.32 Å². The third-order valence-electron chi connectivity index (χ3n) is 3.59. The lowest BCUT2D eigenvalue weighted by atomic mass is 9.90. The molecule has 1 fully saturated rings. The molecule has 2 rings (SSSR count). The molecule has 0 amide bonds. The Balaban J connectivity index is 2.19. The van der Waals surface area contributed by atoms with Crippen LogP contribution in [-0.2, 0) is 4.79 Å². The standard InChI is InChI=1S/C14H18FNO2/c15-11-5-7-12(8-6-11)16-14(13(17)18)9-3-1-2-4-10-14/h5-8,16H,1-4,9-10H2,(H,17,18). The summed E-state index contributed by atoms with van der Waals surface area (Å²) in [5.74, 6) is -1.13. The zero-order valence-corrected chi connectivity index (χ0v) is 10.3. The van der Waals surface area contributed by atoms with Crippen molar-refractivity contribution in [2.24, 2.45) is 0 Å². The van der Waals surface area contributed by atoms with Gasteiger partial charge in [-0.25, -0.2) is 9.18 Å². The number of hydrogen-bond donors (Lipinski definition) is 2. The Labute approximate surface area is 106 Å². The van der Waals surface area contributed by atoms with E-state index in [1.165, 1.54) is 12.1 Å². The van der Waals surface area contributed by atoms with Crippen molar-refractivity contribution in [2.75, 3.05) is 5.32 Å². The molecule has 0 radical (unpaired) electrons. The van der Waals surface area contributed by atoms with E-state index >= 15 is 0 Å². The first kappa shape index (κ1) is 12.9. The first-order chi connectivity index (χ1) is 8.62. The van der Waals surface area contributed by atoms with Gasteiger partial charge in [0.2, 0.25) is 0 Å². The maximum atomic E-state index is 12.8. The van der Waals surface area contributed by atoms with Gasteiger partial charge in [-0.2, -0.15) is 0 Å². The predicted octanol–water partition coefficient (Wildman–Crippen LogP) is 3.42. The average molecular weight is 251 g/mol. The van der Waals surface area contributed by atoms with Gasteiger partial charge in [0.25, 0.3) is 0 Å². The van der Waals surface area contributed by atoms with Crippen molar-refractivity contribution >= 4 is 11.7 Å². The molecule has 1 aromatic rings. The van der Waals surface area contributed by atoms with Crippen molar-refractivity contribution in [1.82, 2.24) is 0 Å². The Bertz CT molecular complexity index is 408. The van der Waals surface area contributed by atoms with Gasteiger partial charge in [0.15, 0.2) is 0 Å². The van der Waals surface area contributed by atoms with Crippen LogP contribution in [0.5, 0.6) is 0 Å². The average Bonchev–Trinajstić information content (AvgIpc) is 2.59. The Hall–Kier alpha value is -1.58. The van der Waals surface area contributed by atoms with E-state index < -0.39 is 11.5 Å². The second-order valence-electron chi connectivity index (χ2n) is 4.93. The predicted molar refractivity (Wildman–Crippen MR) is 68.1 cm³/mol. The van der Waals surface area contributed by atoms with Crippen LogP contribution in [-0.4, -0.2) is 16.6 Å². The maximum Gasteiger partial charge on any atom is 0.329 e. The molecule has 4 heteroatoms. The third kappa shape index (κ3) is 2.81. The molecule has 1 aliphatic carbocycles. The van der Waals surface area contributed by atoms with Gasteiger partial charge in [-0.15, -0.1) is 0 Å². The molecule has 1 aliphatic rings. The minimum Gasteiger partial charge on any atom is -0.480 e. The van der Waals surface area contributed by atoms with Crippen LogP contribution in [0, 0.1) is 5.82 Å². The Morgan fingerprint density at radius 2 is 1.67 bits per heavy atom. The van der Waals surface area contributed by atoms with Gasteiger partial charge in [0.1, 0.15) is 11.4 Å². The number of aliphatic carboxylic acids is 1. The van der Waals surface area contributed by atoms with Crippen LogP contribution in [0.3, 0.4) is 0 Å². The number of carbonyl (C=O) groups is 1. The van der Waals surface area contributed by atoms with Gasteiger partial charge in [-0.3, -0.25) is 0 Å². The lowest BCUT2D eigenvalue weighted by molar-refractivity contribution is -0.142. The highest BCUT2D eigenvalue weighted by Crippen LogP contribution is 2.31. The first-order valence-corrected chi connectivity index (χ1v) is 6.40. The van der Waals surface area contributed by atoms with Crippen molar-refractivity contribution in [3.05, 3.63) is 30.1 Å². The number of hydrogen-bond acceptors (Lipinski definition) is 2. The summed E-state index contributed by atoms with van der Waals surface area (Å²) in [5.41, 5.74) is -0.227. The number of carboxylic acids is 1. The lowest BCUT2D eigenvalue weighted by Crippen LogP contribution is -2.46. The fourth-order valence-corrected chi connectivity index (χ4v) is 2.53. The van der Waals surface area contributed by atoms with Crippen LogP contribution in [0.15, 0.2) is 24.3 Å². The van der Waals surface area contributed by atoms with Gasteiger partial charge in [-0.05, 0) is 37.1 Å². The molecule has 0 aromatic heterocycles. The first-order valence-electron chi connectivity index (χ1n) is 6.40. The number of benzene rings is 1. The highest BCUT2D eigenvalue weighted by atomic mass is 19.1. The van der Waals surface area contributed by atoms with E-state index in [0.29, 0.717) is 18.5 Å². The Kier molecular flexibility index (Phi) is 3.84. The van der Waals surface area contributed by atoms with E-state index in [4.69, 9.17) is 0 Å². The van der Waals surface area contributed by atoms with Crippen molar-refractivity contribution < 1.29 is 14.3 Å². The Morgan fingerprint density at radius 1 is 1.11 bits per heavy atom. The van der Waals surface area contributed by atoms with E-state index in [-0.39, 0.29) is 5.82 Å². The van der Waals surface area contributed by atoms with Crippen LogP contribution in [0.25, 0.3) is 0 Å². The second kappa shape index (κ2) is 5.38. The second-order valence-corrected chi connectivity index (χ2v) is 4.93. The molecule has 0 spiro atoms. The van der Waals surface area contributed by atoms with Gasteiger partial charge >= 0.3 is 5.97 Å². The number of halogens is 1. The van der Waals surface area contributed by atoms with E-state index in [2.05, 4.69) is 5.32 Å². The van der Waals surface area contributed by atoms with Gasteiger partial charge < -0.3 is 10.4 Å². The number of carboxylic acid groups (broad SMARTS) is 1. The van der Waals surface area contributed by atoms with Crippen molar-refractivity contribution in [2.45, 2.75) is 44.1 Å². The summed E-state index contributed by atoms with van der Waals surface area (Å²) in [6.45, 7) is 0. The molecule has 2 N–H and O–H groups in total. The molecule has 1 aromatic carbocycles. The van der Waals surface area contributed by atoms with Gasteiger partial charge in [-0.1, -0.05) is 25.7 Å². The largest absolute Gasteiger partial charge is 0.480 e. The molecule has 0 atom stereocenters. The van der Waals surface area contributed by atoms with Crippen molar-refractivity contribution in [3.63, 3.8) is 0 Å². The molecule has 0 unspecified atom stereocenters. The summed E-state index contributed by atoms with van der Waals surface area (Å²) in [5, 5.41) is 12.6. The minimum atomic E-state index is -0.895. The highest BCUT2D eigenvalue weighted by Gasteiger charge is 2.38. The summed E-state index contributed by atoms with van der Waals surface area (Å²) in [6.07, 6.45) is 5.25. The quantitative estimate of drug-likeness (QED) is 0.809. The molecular weight excluding hydrogens is 233 g/mol. The van der Waals surface area contributed by atoms with E-state index in [0.717, 1.165) is 25.7 Å². The van der Waals surface area contributed by atoms with Crippen molar-refractivity contribution in [3.8, 4) is 0 Å². The smallest absolute Gasteiger partial charge is 0.329 e. The molecule has 0 bridgehead atoms. The van der Waals surface area contributed by atoms with Crippen molar-refractivity contribution in [1.29, 1.82) is 0 Å². The van der Waals surface area contributed by atoms with Crippen LogP contribution in [0.1, 0.15) is 38.5 Å².